The van der Waals surface area contributed by atoms with Crippen molar-refractivity contribution >= 4 is 23.7 Å². The second-order valence-electron chi connectivity index (χ2n) is 10.1. The summed E-state index contributed by atoms with van der Waals surface area (Å²) in [6, 6.07) is 11.1. The summed E-state index contributed by atoms with van der Waals surface area (Å²) in [5.74, 6) is -3.24. The van der Waals surface area contributed by atoms with Gasteiger partial charge in [-0.15, -0.1) is 0 Å². The first-order chi connectivity index (χ1) is 19.0. The maximum atomic E-state index is 13.4. The molecule has 0 heterocycles. The van der Waals surface area contributed by atoms with Crippen LogP contribution < -0.4 is 27.4 Å². The molecule has 0 saturated carbocycles. The minimum atomic E-state index is -1.18. The van der Waals surface area contributed by atoms with Gasteiger partial charge < -0.3 is 37.6 Å². The zero-order chi connectivity index (χ0) is 29.7. The van der Waals surface area contributed by atoms with Crippen LogP contribution in [0.15, 0.2) is 54.6 Å². The highest BCUT2D eigenvalue weighted by molar-refractivity contribution is 5.94. The second-order valence-corrected chi connectivity index (χ2v) is 10.1. The smallest absolute Gasteiger partial charge is 0.326 e. The lowest BCUT2D eigenvalue weighted by atomic mass is 10.0. The van der Waals surface area contributed by atoms with E-state index in [1.54, 1.807) is 50.2 Å². The lowest BCUT2D eigenvalue weighted by molar-refractivity contribution is -0.143. The first kappa shape index (κ1) is 32.3. The molecule has 9 N–H and O–H groups in total. The Bertz CT molecular complexity index is 1110. The van der Waals surface area contributed by atoms with Gasteiger partial charge in [0, 0.05) is 6.42 Å². The van der Waals surface area contributed by atoms with Gasteiger partial charge >= 0.3 is 5.97 Å². The Morgan fingerprint density at radius 3 is 1.93 bits per heavy atom. The normalized spacial score (nSPS) is 14.0. The molecule has 0 aliphatic rings. The minimum absolute atomic E-state index is 0.0931. The molecule has 4 unspecified atom stereocenters. The van der Waals surface area contributed by atoms with Crippen LogP contribution in [0.25, 0.3) is 0 Å². The number of carboxylic acids is 1. The number of carboxylic acid groups (broad SMARTS) is 1. The van der Waals surface area contributed by atoms with Crippen LogP contribution in [0.5, 0.6) is 5.75 Å². The van der Waals surface area contributed by atoms with Gasteiger partial charge in [0.05, 0.1) is 6.04 Å². The van der Waals surface area contributed by atoms with Crippen molar-refractivity contribution in [3.05, 3.63) is 65.7 Å². The average molecular weight is 556 g/mol. The molecule has 4 atom stereocenters. The number of carbonyl (C=O) groups is 4. The van der Waals surface area contributed by atoms with E-state index in [0.29, 0.717) is 19.4 Å². The number of nitrogens with two attached hydrogens (primary N) is 2. The van der Waals surface area contributed by atoms with Crippen molar-refractivity contribution < 1.29 is 29.4 Å². The summed E-state index contributed by atoms with van der Waals surface area (Å²) < 4.78 is 0. The quantitative estimate of drug-likeness (QED) is 0.148. The lowest BCUT2D eigenvalue weighted by Gasteiger charge is -2.26. The molecule has 2 aromatic carbocycles. The van der Waals surface area contributed by atoms with Crippen LogP contribution in [-0.2, 0) is 32.0 Å². The molecule has 11 nitrogen and oxygen atoms in total. The van der Waals surface area contributed by atoms with Gasteiger partial charge in [-0.05, 0) is 61.4 Å². The van der Waals surface area contributed by atoms with Gasteiger partial charge in [-0.1, -0.05) is 56.3 Å². The zero-order valence-electron chi connectivity index (χ0n) is 23.0. The molecule has 0 aliphatic carbocycles. The van der Waals surface area contributed by atoms with Crippen molar-refractivity contribution in [3.63, 3.8) is 0 Å². The first-order valence-corrected chi connectivity index (χ1v) is 13.4. The molecule has 3 amide bonds. The number of aliphatic carboxylic acids is 1. The molecule has 0 saturated heterocycles. The fraction of sp³-hybridized carbons (Fsp3) is 0.448. The van der Waals surface area contributed by atoms with Gasteiger partial charge in [0.15, 0.2) is 0 Å². The maximum absolute atomic E-state index is 13.4. The molecule has 0 spiro atoms. The van der Waals surface area contributed by atoms with E-state index in [1.807, 2.05) is 6.07 Å². The third kappa shape index (κ3) is 10.7. The van der Waals surface area contributed by atoms with E-state index < -0.39 is 47.9 Å². The summed E-state index contributed by atoms with van der Waals surface area (Å²) in [6.07, 6.45) is 1.75. The van der Waals surface area contributed by atoms with E-state index in [4.69, 9.17) is 11.5 Å². The summed E-state index contributed by atoms with van der Waals surface area (Å²) in [5.41, 5.74) is 13.2. The molecule has 40 heavy (non-hydrogen) atoms. The Hall–Kier alpha value is -3.96. The van der Waals surface area contributed by atoms with Crippen LogP contribution >= 0.6 is 0 Å². The Balaban J connectivity index is 2.20. The molecule has 11 heteroatoms. The maximum Gasteiger partial charge on any atom is 0.326 e. The number of benzene rings is 2. The van der Waals surface area contributed by atoms with Crippen molar-refractivity contribution in [2.45, 2.75) is 70.1 Å². The lowest BCUT2D eigenvalue weighted by Crippen LogP contribution is -2.58. The predicted octanol–water partition coefficient (Wildman–Crippen LogP) is 0.829. The summed E-state index contributed by atoms with van der Waals surface area (Å²) in [6.45, 7) is 3.76. The standard InChI is InChI=1S/C29H41N5O6/c1-18(2)25(29(39)40)34-28(38)24(17-19-8-4-3-5-9-19)33-27(37)23(10-6-7-15-30)32-26(36)22(31)16-20-11-13-21(35)14-12-20/h3-5,8-9,11-14,18,22-25,35H,6-7,10,15-17,30-31H2,1-2H3,(H,32,36)(H,33,37)(H,34,38)(H,39,40). The van der Waals surface area contributed by atoms with E-state index >= 15 is 0 Å². The highest BCUT2D eigenvalue weighted by atomic mass is 16.4. The molecule has 0 fully saturated rings. The van der Waals surface area contributed by atoms with Crippen molar-refractivity contribution in [2.75, 3.05) is 6.54 Å². The first-order valence-electron chi connectivity index (χ1n) is 13.4. The van der Waals surface area contributed by atoms with Crippen LogP contribution in [-0.4, -0.2) is 64.6 Å². The number of hydrogen-bond acceptors (Lipinski definition) is 7. The minimum Gasteiger partial charge on any atom is -0.508 e. The van der Waals surface area contributed by atoms with Crippen molar-refractivity contribution in [2.24, 2.45) is 17.4 Å². The highest BCUT2D eigenvalue weighted by Gasteiger charge is 2.31. The molecule has 0 aliphatic heterocycles. The number of phenolic OH excluding ortho intramolecular Hbond substituents is 1. The second kappa shape index (κ2) is 16.2. The van der Waals surface area contributed by atoms with E-state index in [0.717, 1.165) is 11.1 Å². The Labute approximate surface area is 234 Å². The van der Waals surface area contributed by atoms with Crippen LogP contribution in [0.1, 0.15) is 44.2 Å². The Morgan fingerprint density at radius 1 is 0.775 bits per heavy atom. The van der Waals surface area contributed by atoms with Crippen LogP contribution in [0.2, 0.25) is 0 Å². The van der Waals surface area contributed by atoms with Gasteiger partial charge in [0.25, 0.3) is 0 Å². The number of hydrogen-bond donors (Lipinski definition) is 7. The summed E-state index contributed by atoms with van der Waals surface area (Å²) in [5, 5.41) is 27.0. The highest BCUT2D eigenvalue weighted by Crippen LogP contribution is 2.12. The number of rotatable bonds is 16. The number of phenols is 1. The third-order valence-electron chi connectivity index (χ3n) is 6.45. The zero-order valence-corrected chi connectivity index (χ0v) is 23.0. The van der Waals surface area contributed by atoms with E-state index in [-0.39, 0.29) is 30.9 Å². The number of nitrogens with one attached hydrogen (secondary N) is 3. The fourth-order valence-electron chi connectivity index (χ4n) is 4.12. The van der Waals surface area contributed by atoms with E-state index in [2.05, 4.69) is 16.0 Å². The summed E-state index contributed by atoms with van der Waals surface area (Å²) >= 11 is 0. The van der Waals surface area contributed by atoms with Crippen LogP contribution in [0, 0.1) is 5.92 Å². The van der Waals surface area contributed by atoms with Crippen LogP contribution in [0.3, 0.4) is 0 Å². The van der Waals surface area contributed by atoms with E-state index in [1.165, 1.54) is 12.1 Å². The molecule has 2 aromatic rings. The topological polar surface area (TPSA) is 197 Å². The van der Waals surface area contributed by atoms with Crippen molar-refractivity contribution in [3.8, 4) is 5.75 Å². The molecule has 2 rings (SSSR count). The largest absolute Gasteiger partial charge is 0.508 e. The Morgan fingerprint density at radius 2 is 1.35 bits per heavy atom. The van der Waals surface area contributed by atoms with Gasteiger partial charge in [-0.25, -0.2) is 4.79 Å². The number of unbranched alkanes of at least 4 members (excludes halogenated alkanes) is 1. The predicted molar refractivity (Wildman–Crippen MR) is 151 cm³/mol. The molecule has 0 radical (unpaired) electrons. The van der Waals surface area contributed by atoms with Crippen molar-refractivity contribution in [1.29, 1.82) is 0 Å². The number of aromatic hydroxyl groups is 1. The monoisotopic (exact) mass is 555 g/mol. The molecular formula is C29H41N5O6. The molecular weight excluding hydrogens is 514 g/mol. The van der Waals surface area contributed by atoms with Gasteiger partial charge in [0.2, 0.25) is 17.7 Å². The van der Waals surface area contributed by atoms with Gasteiger partial charge in [-0.2, -0.15) is 0 Å². The van der Waals surface area contributed by atoms with Crippen LogP contribution in [0.4, 0.5) is 0 Å². The molecule has 218 valence electrons. The SMILES string of the molecule is CC(C)C(NC(=O)C(Cc1ccccc1)NC(=O)C(CCCCN)NC(=O)C(N)Cc1ccc(O)cc1)C(=O)O. The average Bonchev–Trinajstić information content (AvgIpc) is 2.92. The van der Waals surface area contributed by atoms with Gasteiger partial charge in [-0.3, -0.25) is 14.4 Å². The number of carbonyl (C=O) groups excluding carboxylic acids is 3. The molecule has 0 bridgehead atoms. The van der Waals surface area contributed by atoms with Crippen molar-refractivity contribution in [1.82, 2.24) is 16.0 Å². The Kier molecular flexibility index (Phi) is 13.1. The number of amides is 3. The fourth-order valence-corrected chi connectivity index (χ4v) is 4.12. The third-order valence-corrected chi connectivity index (χ3v) is 6.45. The molecule has 0 aromatic heterocycles. The summed E-state index contributed by atoms with van der Waals surface area (Å²) in [4.78, 5) is 51.3. The van der Waals surface area contributed by atoms with Gasteiger partial charge in [0.1, 0.15) is 23.9 Å². The summed E-state index contributed by atoms with van der Waals surface area (Å²) in [7, 11) is 0. The van der Waals surface area contributed by atoms with E-state index in [9.17, 15) is 29.4 Å².